The lowest BCUT2D eigenvalue weighted by Gasteiger charge is -2.31. The van der Waals surface area contributed by atoms with E-state index in [2.05, 4.69) is 5.32 Å². The molecule has 0 aromatic carbocycles. The normalized spacial score (nSPS) is 17.9. The molecule has 7 heteroatoms. The molecule has 0 amide bonds. The topological polar surface area (TPSA) is 64.6 Å². The number of carbonyl (C=O) groups excluding carboxylic acids is 2. The van der Waals surface area contributed by atoms with Gasteiger partial charge in [0.25, 0.3) is 0 Å². The van der Waals surface area contributed by atoms with Crippen LogP contribution in [0.5, 0.6) is 0 Å². The van der Waals surface area contributed by atoms with Gasteiger partial charge in [-0.3, -0.25) is 0 Å². The summed E-state index contributed by atoms with van der Waals surface area (Å²) in [5.74, 6) is -1.44. The van der Waals surface area contributed by atoms with Crippen LogP contribution in [0.2, 0.25) is 0 Å². The fourth-order valence-electron chi connectivity index (χ4n) is 2.96. The Morgan fingerprint density at radius 3 is 1.76 bits per heavy atom. The van der Waals surface area contributed by atoms with E-state index in [4.69, 9.17) is 32.7 Å². The number of esters is 2. The summed E-state index contributed by atoms with van der Waals surface area (Å²) in [6.07, 6.45) is 1.04. The lowest BCUT2D eigenvalue weighted by molar-refractivity contribution is -0.140. The Morgan fingerprint density at radius 2 is 1.40 bits per heavy atom. The first-order valence-corrected chi connectivity index (χ1v) is 9.46. The summed E-state index contributed by atoms with van der Waals surface area (Å²) in [6.45, 7) is 9.48. The van der Waals surface area contributed by atoms with E-state index in [1.807, 2.05) is 6.92 Å². The number of halogens is 2. The van der Waals surface area contributed by atoms with Crippen molar-refractivity contribution in [2.75, 3.05) is 13.2 Å². The fraction of sp³-hybridized carbons (Fsp3) is 0.667. The number of hydrogen-bond acceptors (Lipinski definition) is 5. The van der Waals surface area contributed by atoms with Crippen molar-refractivity contribution < 1.29 is 19.1 Å². The molecule has 0 radical (unpaired) electrons. The Balaban J connectivity index is 3.31. The lowest BCUT2D eigenvalue weighted by Crippen LogP contribution is -2.35. The molecule has 0 fully saturated rings. The number of rotatable bonds is 8. The fourth-order valence-corrected chi connectivity index (χ4v) is 3.41. The first-order valence-electron chi connectivity index (χ1n) is 8.59. The third-order valence-electron chi connectivity index (χ3n) is 4.11. The highest BCUT2D eigenvalue weighted by Crippen LogP contribution is 2.37. The molecule has 142 valence electrons. The van der Waals surface area contributed by atoms with Crippen LogP contribution in [0.25, 0.3) is 0 Å². The van der Waals surface area contributed by atoms with E-state index >= 15 is 0 Å². The number of ether oxygens (including phenoxy) is 2. The average molecular weight is 392 g/mol. The number of allylic oxidation sites excluding steroid dienone is 2. The largest absolute Gasteiger partial charge is 0.463 e. The predicted octanol–water partition coefficient (Wildman–Crippen LogP) is 3.89. The van der Waals surface area contributed by atoms with Crippen LogP contribution in [0, 0.1) is 5.92 Å². The van der Waals surface area contributed by atoms with Gasteiger partial charge in [-0.25, -0.2) is 9.59 Å². The summed E-state index contributed by atoms with van der Waals surface area (Å²) in [7, 11) is 0. The van der Waals surface area contributed by atoms with Crippen molar-refractivity contribution in [3.05, 3.63) is 22.5 Å². The number of dihydropyridines is 1. The highest BCUT2D eigenvalue weighted by molar-refractivity contribution is 6.30. The molecule has 2 unspecified atom stereocenters. The molecule has 1 aliphatic rings. The highest BCUT2D eigenvalue weighted by atomic mass is 35.5. The molecule has 0 bridgehead atoms. The molecule has 0 saturated carbocycles. The highest BCUT2D eigenvalue weighted by Gasteiger charge is 2.38. The first-order chi connectivity index (χ1) is 11.8. The summed E-state index contributed by atoms with van der Waals surface area (Å²) in [5.41, 5.74) is 2.11. The van der Waals surface area contributed by atoms with Crippen molar-refractivity contribution in [3.8, 4) is 0 Å². The summed E-state index contributed by atoms with van der Waals surface area (Å²) in [6, 6.07) is 0. The second-order valence-corrected chi connectivity index (χ2v) is 6.99. The van der Waals surface area contributed by atoms with Gasteiger partial charge in [-0.2, -0.15) is 0 Å². The van der Waals surface area contributed by atoms with Crippen LogP contribution in [0.15, 0.2) is 22.5 Å². The van der Waals surface area contributed by atoms with Gasteiger partial charge in [0, 0.05) is 22.7 Å². The number of alkyl halides is 2. The molecule has 0 aromatic rings. The van der Waals surface area contributed by atoms with E-state index in [0.29, 0.717) is 35.4 Å². The Morgan fingerprint density at radius 1 is 0.960 bits per heavy atom. The summed E-state index contributed by atoms with van der Waals surface area (Å²) in [4.78, 5) is 25.0. The van der Waals surface area contributed by atoms with Gasteiger partial charge < -0.3 is 14.8 Å². The van der Waals surface area contributed by atoms with E-state index < -0.39 is 23.2 Å². The molecular formula is C18H27Cl2NO4. The SMILES string of the molecule is CCOC(=O)C1=C(C)NC(C)=C(C(=O)OCC)C1CC(Cl)C(Cl)CC. The molecule has 5 nitrogen and oxygen atoms in total. The van der Waals surface area contributed by atoms with Crippen molar-refractivity contribution >= 4 is 35.1 Å². The van der Waals surface area contributed by atoms with Crippen molar-refractivity contribution in [1.29, 1.82) is 0 Å². The van der Waals surface area contributed by atoms with Gasteiger partial charge in [0.05, 0.1) is 29.7 Å². The Labute approximate surface area is 159 Å². The van der Waals surface area contributed by atoms with Crippen molar-refractivity contribution in [3.63, 3.8) is 0 Å². The van der Waals surface area contributed by atoms with Crippen LogP contribution < -0.4 is 5.32 Å². The van der Waals surface area contributed by atoms with E-state index in [1.165, 1.54) is 0 Å². The van der Waals surface area contributed by atoms with Gasteiger partial charge in [0.1, 0.15) is 0 Å². The Hall–Kier alpha value is -1.20. The minimum atomic E-state index is -0.519. The van der Waals surface area contributed by atoms with E-state index in [0.717, 1.165) is 0 Å². The molecule has 1 N–H and O–H groups in total. The Bertz CT molecular complexity index is 531. The maximum atomic E-state index is 12.5. The minimum Gasteiger partial charge on any atom is -0.463 e. The average Bonchev–Trinajstić information content (AvgIpc) is 2.53. The minimum absolute atomic E-state index is 0.247. The third-order valence-corrected chi connectivity index (χ3v) is 5.34. The second kappa shape index (κ2) is 10.1. The molecule has 0 aliphatic carbocycles. The van der Waals surface area contributed by atoms with Crippen molar-refractivity contribution in [2.24, 2.45) is 5.92 Å². The quantitative estimate of drug-likeness (QED) is 0.502. The second-order valence-electron chi connectivity index (χ2n) is 5.87. The molecule has 1 heterocycles. The molecular weight excluding hydrogens is 365 g/mol. The van der Waals surface area contributed by atoms with E-state index in [-0.39, 0.29) is 18.6 Å². The molecule has 1 rings (SSSR count). The summed E-state index contributed by atoms with van der Waals surface area (Å²) < 4.78 is 10.4. The van der Waals surface area contributed by atoms with Crippen LogP contribution in [0.3, 0.4) is 0 Å². The van der Waals surface area contributed by atoms with E-state index in [1.54, 1.807) is 27.7 Å². The van der Waals surface area contributed by atoms with Crippen LogP contribution in [0.4, 0.5) is 0 Å². The molecule has 0 spiro atoms. The van der Waals surface area contributed by atoms with Crippen molar-refractivity contribution in [2.45, 2.75) is 58.2 Å². The predicted molar refractivity (Wildman–Crippen MR) is 99.5 cm³/mol. The third kappa shape index (κ3) is 5.38. The number of hydrogen-bond donors (Lipinski definition) is 1. The first kappa shape index (κ1) is 21.8. The molecule has 2 atom stereocenters. The maximum Gasteiger partial charge on any atom is 0.336 e. The molecule has 1 aliphatic heterocycles. The van der Waals surface area contributed by atoms with Gasteiger partial charge >= 0.3 is 11.9 Å². The summed E-state index contributed by atoms with van der Waals surface area (Å²) in [5, 5.41) is 2.43. The Kier molecular flexibility index (Phi) is 8.80. The zero-order valence-corrected chi connectivity index (χ0v) is 17.0. The van der Waals surface area contributed by atoms with Crippen LogP contribution in [0.1, 0.15) is 47.5 Å². The van der Waals surface area contributed by atoms with Crippen LogP contribution in [-0.4, -0.2) is 35.9 Å². The maximum absolute atomic E-state index is 12.5. The monoisotopic (exact) mass is 391 g/mol. The van der Waals surface area contributed by atoms with Crippen molar-refractivity contribution in [1.82, 2.24) is 5.32 Å². The van der Waals surface area contributed by atoms with Gasteiger partial charge in [-0.05, 0) is 40.5 Å². The van der Waals surface area contributed by atoms with Gasteiger partial charge in [0.2, 0.25) is 0 Å². The van der Waals surface area contributed by atoms with Gasteiger partial charge in [0.15, 0.2) is 0 Å². The molecule has 0 aromatic heterocycles. The number of nitrogens with one attached hydrogen (secondary N) is 1. The zero-order chi connectivity index (χ0) is 19.1. The smallest absolute Gasteiger partial charge is 0.336 e. The van der Waals surface area contributed by atoms with Gasteiger partial charge in [-0.15, -0.1) is 23.2 Å². The summed E-state index contributed by atoms with van der Waals surface area (Å²) >= 11 is 12.7. The van der Waals surface area contributed by atoms with E-state index in [9.17, 15) is 9.59 Å². The van der Waals surface area contributed by atoms with Crippen LogP contribution >= 0.6 is 23.2 Å². The van der Waals surface area contributed by atoms with Crippen LogP contribution in [-0.2, 0) is 19.1 Å². The molecule has 25 heavy (non-hydrogen) atoms. The standard InChI is InChI=1S/C18H27Cl2NO4/c1-6-13(19)14(20)9-12-15(17(22)24-7-2)10(4)21-11(5)16(12)18(23)25-8-3/h12-14,21H,6-9H2,1-5H3. The number of carbonyl (C=O) groups is 2. The molecule has 0 saturated heterocycles. The zero-order valence-electron chi connectivity index (χ0n) is 15.4. The lowest BCUT2D eigenvalue weighted by atomic mass is 9.81. The van der Waals surface area contributed by atoms with Gasteiger partial charge in [-0.1, -0.05) is 6.92 Å².